The first-order valence-electron chi connectivity index (χ1n) is 3.70. The molecule has 0 bridgehead atoms. The van der Waals surface area contributed by atoms with E-state index in [1.807, 2.05) is 6.92 Å². The van der Waals surface area contributed by atoms with Gasteiger partial charge in [0.2, 0.25) is 0 Å². The lowest BCUT2D eigenvalue weighted by molar-refractivity contribution is 0.112. The molecule has 1 aromatic heterocycles. The molecule has 1 rings (SSSR count). The maximum atomic E-state index is 10.5. The number of carbonyl (C=O) groups is 1. The molecule has 0 spiro atoms. The Morgan fingerprint density at radius 1 is 1.64 bits per heavy atom. The van der Waals surface area contributed by atoms with Crippen LogP contribution in [0.15, 0.2) is 4.52 Å². The minimum absolute atomic E-state index is 0.617. The first-order chi connectivity index (χ1) is 5.29. The molecule has 3 heteroatoms. The topological polar surface area (TPSA) is 43.1 Å². The number of aromatic nitrogens is 1. The second-order valence-electron chi connectivity index (χ2n) is 2.47. The molecular formula is C8H11NO2. The highest BCUT2D eigenvalue weighted by atomic mass is 16.5. The number of hydrogen-bond acceptors (Lipinski definition) is 3. The summed E-state index contributed by atoms with van der Waals surface area (Å²) in [6.45, 7) is 3.80. The van der Waals surface area contributed by atoms with Crippen LogP contribution in [0.25, 0.3) is 0 Å². The van der Waals surface area contributed by atoms with Crippen molar-refractivity contribution in [2.75, 3.05) is 0 Å². The standard InChI is InChI=1S/C8H11NO2/c1-3-4-8-7(5-10)6(2)9-11-8/h5H,3-4H2,1-2H3. The largest absolute Gasteiger partial charge is 0.360 e. The van der Waals surface area contributed by atoms with Gasteiger partial charge in [-0.15, -0.1) is 0 Å². The number of hydrogen-bond donors (Lipinski definition) is 0. The van der Waals surface area contributed by atoms with Gasteiger partial charge in [-0.3, -0.25) is 4.79 Å². The third-order valence-corrected chi connectivity index (χ3v) is 1.58. The van der Waals surface area contributed by atoms with Gasteiger partial charge in [0.15, 0.2) is 6.29 Å². The van der Waals surface area contributed by atoms with E-state index in [0.717, 1.165) is 19.1 Å². The van der Waals surface area contributed by atoms with Gasteiger partial charge in [0.1, 0.15) is 5.76 Å². The predicted molar refractivity (Wildman–Crippen MR) is 40.6 cm³/mol. The van der Waals surface area contributed by atoms with E-state index in [4.69, 9.17) is 4.52 Å². The lowest BCUT2D eigenvalue weighted by atomic mass is 10.1. The van der Waals surface area contributed by atoms with Gasteiger partial charge in [0.05, 0.1) is 11.3 Å². The van der Waals surface area contributed by atoms with Crippen molar-refractivity contribution in [1.82, 2.24) is 5.16 Å². The highest BCUT2D eigenvalue weighted by Crippen LogP contribution is 2.12. The van der Waals surface area contributed by atoms with E-state index in [-0.39, 0.29) is 0 Å². The average molecular weight is 153 g/mol. The van der Waals surface area contributed by atoms with Gasteiger partial charge in [0, 0.05) is 6.42 Å². The molecule has 0 N–H and O–H groups in total. The molecule has 0 atom stereocenters. The Morgan fingerprint density at radius 2 is 2.36 bits per heavy atom. The number of carbonyl (C=O) groups excluding carboxylic acids is 1. The van der Waals surface area contributed by atoms with Gasteiger partial charge in [-0.25, -0.2) is 0 Å². The molecule has 0 saturated carbocycles. The van der Waals surface area contributed by atoms with E-state index in [1.54, 1.807) is 6.92 Å². The van der Waals surface area contributed by atoms with Crippen LogP contribution in [0.5, 0.6) is 0 Å². The normalized spacial score (nSPS) is 10.0. The number of aldehydes is 1. The fourth-order valence-corrected chi connectivity index (χ4v) is 0.982. The Hall–Kier alpha value is -1.12. The second-order valence-corrected chi connectivity index (χ2v) is 2.47. The van der Waals surface area contributed by atoms with E-state index >= 15 is 0 Å². The molecule has 0 radical (unpaired) electrons. The van der Waals surface area contributed by atoms with Crippen molar-refractivity contribution < 1.29 is 9.32 Å². The molecule has 11 heavy (non-hydrogen) atoms. The van der Waals surface area contributed by atoms with Crippen molar-refractivity contribution >= 4 is 6.29 Å². The van der Waals surface area contributed by atoms with Crippen LogP contribution in [0, 0.1) is 6.92 Å². The molecule has 0 saturated heterocycles. The number of nitrogens with zero attached hydrogens (tertiary/aromatic N) is 1. The SMILES string of the molecule is CCCc1onc(C)c1C=O. The summed E-state index contributed by atoms with van der Waals surface area (Å²) in [5.74, 6) is 0.708. The fourth-order valence-electron chi connectivity index (χ4n) is 0.982. The quantitative estimate of drug-likeness (QED) is 0.621. The minimum Gasteiger partial charge on any atom is -0.360 e. The molecule has 0 unspecified atom stereocenters. The van der Waals surface area contributed by atoms with Crippen LogP contribution in [-0.4, -0.2) is 11.4 Å². The van der Waals surface area contributed by atoms with Crippen molar-refractivity contribution in [1.29, 1.82) is 0 Å². The van der Waals surface area contributed by atoms with E-state index in [9.17, 15) is 4.79 Å². The molecule has 0 aliphatic rings. The second kappa shape index (κ2) is 3.32. The average Bonchev–Trinajstić information content (AvgIpc) is 2.33. The first-order valence-corrected chi connectivity index (χ1v) is 3.70. The molecule has 0 aliphatic carbocycles. The lowest BCUT2D eigenvalue weighted by Crippen LogP contribution is -1.88. The monoisotopic (exact) mass is 153 g/mol. The Morgan fingerprint density at radius 3 is 2.91 bits per heavy atom. The van der Waals surface area contributed by atoms with Crippen LogP contribution in [0.1, 0.15) is 35.2 Å². The van der Waals surface area contributed by atoms with Crippen LogP contribution >= 0.6 is 0 Å². The van der Waals surface area contributed by atoms with Gasteiger partial charge >= 0.3 is 0 Å². The Balaban J connectivity index is 2.95. The Labute approximate surface area is 65.4 Å². The van der Waals surface area contributed by atoms with Crippen molar-refractivity contribution in [3.8, 4) is 0 Å². The molecule has 0 aliphatic heterocycles. The summed E-state index contributed by atoms with van der Waals surface area (Å²) < 4.78 is 4.95. The molecule has 0 fully saturated rings. The zero-order valence-electron chi connectivity index (χ0n) is 6.76. The van der Waals surface area contributed by atoms with E-state index in [0.29, 0.717) is 17.0 Å². The molecule has 1 heterocycles. The Bertz CT molecular complexity index is 253. The molecular weight excluding hydrogens is 142 g/mol. The van der Waals surface area contributed by atoms with Gasteiger partial charge < -0.3 is 4.52 Å². The van der Waals surface area contributed by atoms with Crippen molar-refractivity contribution in [3.05, 3.63) is 17.0 Å². The van der Waals surface area contributed by atoms with E-state index < -0.39 is 0 Å². The highest BCUT2D eigenvalue weighted by Gasteiger charge is 2.09. The van der Waals surface area contributed by atoms with E-state index in [1.165, 1.54) is 0 Å². The summed E-state index contributed by atoms with van der Waals surface area (Å²) in [6, 6.07) is 0. The van der Waals surface area contributed by atoms with Crippen molar-refractivity contribution in [2.24, 2.45) is 0 Å². The first kappa shape index (κ1) is 7.98. The molecule has 60 valence electrons. The summed E-state index contributed by atoms with van der Waals surface area (Å²) >= 11 is 0. The third-order valence-electron chi connectivity index (χ3n) is 1.58. The number of aryl methyl sites for hydroxylation is 2. The summed E-state index contributed by atoms with van der Waals surface area (Å²) in [5.41, 5.74) is 1.30. The highest BCUT2D eigenvalue weighted by molar-refractivity contribution is 5.77. The lowest BCUT2D eigenvalue weighted by Gasteiger charge is -1.89. The van der Waals surface area contributed by atoms with Gasteiger partial charge in [-0.05, 0) is 13.3 Å². The third kappa shape index (κ3) is 1.48. The van der Waals surface area contributed by atoms with Crippen LogP contribution in [0.3, 0.4) is 0 Å². The summed E-state index contributed by atoms with van der Waals surface area (Å²) in [6.07, 6.45) is 2.56. The van der Waals surface area contributed by atoms with Crippen LogP contribution in [-0.2, 0) is 6.42 Å². The maximum absolute atomic E-state index is 10.5. The predicted octanol–water partition coefficient (Wildman–Crippen LogP) is 1.75. The minimum atomic E-state index is 0.617. The summed E-state index contributed by atoms with van der Waals surface area (Å²) in [4.78, 5) is 10.5. The van der Waals surface area contributed by atoms with Crippen LogP contribution < -0.4 is 0 Å². The van der Waals surface area contributed by atoms with Crippen LogP contribution in [0.4, 0.5) is 0 Å². The number of rotatable bonds is 3. The molecule has 1 aromatic rings. The van der Waals surface area contributed by atoms with Gasteiger partial charge in [-0.1, -0.05) is 12.1 Å². The van der Waals surface area contributed by atoms with Crippen molar-refractivity contribution in [3.63, 3.8) is 0 Å². The van der Waals surface area contributed by atoms with E-state index in [2.05, 4.69) is 5.16 Å². The van der Waals surface area contributed by atoms with Crippen molar-refractivity contribution in [2.45, 2.75) is 26.7 Å². The molecule has 0 amide bonds. The fraction of sp³-hybridized carbons (Fsp3) is 0.500. The zero-order valence-corrected chi connectivity index (χ0v) is 6.76. The molecule has 3 nitrogen and oxygen atoms in total. The maximum Gasteiger partial charge on any atom is 0.155 e. The van der Waals surface area contributed by atoms with Gasteiger partial charge in [0.25, 0.3) is 0 Å². The molecule has 0 aromatic carbocycles. The summed E-state index contributed by atoms with van der Waals surface area (Å²) in [7, 11) is 0. The van der Waals surface area contributed by atoms with Gasteiger partial charge in [-0.2, -0.15) is 0 Å². The Kier molecular flexibility index (Phi) is 2.41. The zero-order chi connectivity index (χ0) is 8.27. The summed E-state index contributed by atoms with van der Waals surface area (Å²) in [5, 5.41) is 3.70. The van der Waals surface area contributed by atoms with Crippen LogP contribution in [0.2, 0.25) is 0 Å². The smallest absolute Gasteiger partial charge is 0.155 e.